The summed E-state index contributed by atoms with van der Waals surface area (Å²) in [5.74, 6) is 0.0156. The average molecular weight is 399 g/mol. The number of rotatable bonds is 1. The van der Waals surface area contributed by atoms with Crippen LogP contribution in [0.1, 0.15) is 17.4 Å². The van der Waals surface area contributed by atoms with Crippen molar-refractivity contribution in [2.45, 2.75) is 13.0 Å². The van der Waals surface area contributed by atoms with Gasteiger partial charge in [0.2, 0.25) is 0 Å². The highest BCUT2D eigenvalue weighted by Crippen LogP contribution is 2.42. The van der Waals surface area contributed by atoms with Crippen LogP contribution in [0, 0.1) is 0 Å². The van der Waals surface area contributed by atoms with Crippen molar-refractivity contribution in [1.82, 2.24) is 0 Å². The molecule has 2 aromatic carbocycles. The summed E-state index contributed by atoms with van der Waals surface area (Å²) in [4.78, 5) is 20.3. The fourth-order valence-corrected chi connectivity index (χ4v) is 4.64. The van der Waals surface area contributed by atoms with Crippen LogP contribution in [0.2, 0.25) is 0 Å². The molecule has 3 nitrogen and oxygen atoms in total. The number of carbonyl (C=O) groups excluding carboxylic acids is 1. The van der Waals surface area contributed by atoms with Crippen molar-refractivity contribution in [2.75, 3.05) is 11.9 Å². The lowest BCUT2D eigenvalue weighted by Crippen LogP contribution is -2.32. The summed E-state index contributed by atoms with van der Waals surface area (Å²) in [6.07, 6.45) is 0. The molecule has 0 aliphatic carbocycles. The zero-order valence-corrected chi connectivity index (χ0v) is 15.7. The summed E-state index contributed by atoms with van der Waals surface area (Å²) >= 11 is 5.23. The fourth-order valence-electron chi connectivity index (χ4n) is 3.05. The fraction of sp³-hybridized carbons (Fsp3) is 0.158. The Hall–Kier alpha value is -1.98. The van der Waals surface area contributed by atoms with Gasteiger partial charge in [-0.25, -0.2) is 0 Å². The predicted molar refractivity (Wildman–Crippen MR) is 104 cm³/mol. The molecule has 1 unspecified atom stereocenters. The van der Waals surface area contributed by atoms with Gasteiger partial charge in [0.05, 0.1) is 16.3 Å². The second kappa shape index (κ2) is 5.83. The number of likely N-dealkylation sites (N-methyl/N-ethyl adjacent to an activating group) is 1. The van der Waals surface area contributed by atoms with E-state index in [0.29, 0.717) is 0 Å². The minimum Gasteiger partial charge on any atom is -0.312 e. The highest BCUT2D eigenvalue weighted by molar-refractivity contribution is 9.10. The van der Waals surface area contributed by atoms with Crippen molar-refractivity contribution < 1.29 is 4.79 Å². The largest absolute Gasteiger partial charge is 0.312 e. The third kappa shape index (κ3) is 2.39. The van der Waals surface area contributed by atoms with Gasteiger partial charge in [-0.15, -0.1) is 11.3 Å². The molecule has 0 bridgehead atoms. The lowest BCUT2D eigenvalue weighted by atomic mass is 10.1. The van der Waals surface area contributed by atoms with Crippen molar-refractivity contribution in [3.8, 4) is 0 Å². The van der Waals surface area contributed by atoms with E-state index in [1.807, 2.05) is 50.4 Å². The number of halogens is 1. The quantitative estimate of drug-likeness (QED) is 0.575. The Labute approximate surface area is 152 Å². The van der Waals surface area contributed by atoms with Crippen molar-refractivity contribution in [1.29, 1.82) is 0 Å². The van der Waals surface area contributed by atoms with Crippen LogP contribution in [0.4, 0.5) is 5.69 Å². The van der Waals surface area contributed by atoms with E-state index >= 15 is 0 Å². The molecule has 1 amide bonds. The number of hydrogen-bond acceptors (Lipinski definition) is 3. The number of fused-ring (bicyclic) bond motifs is 3. The highest BCUT2D eigenvalue weighted by Gasteiger charge is 2.30. The average Bonchev–Trinajstić information content (AvgIpc) is 2.93. The minimum atomic E-state index is -0.396. The van der Waals surface area contributed by atoms with Gasteiger partial charge in [0.25, 0.3) is 5.91 Å². The van der Waals surface area contributed by atoms with E-state index in [0.717, 1.165) is 36.4 Å². The molecule has 0 saturated heterocycles. The minimum absolute atomic E-state index is 0.0156. The van der Waals surface area contributed by atoms with Crippen LogP contribution in [-0.2, 0) is 4.79 Å². The Morgan fingerprint density at radius 3 is 2.67 bits per heavy atom. The molecule has 4 rings (SSSR count). The van der Waals surface area contributed by atoms with Crippen molar-refractivity contribution >= 4 is 54.7 Å². The Balaban J connectivity index is 2.06. The Bertz CT molecular complexity index is 978. The summed E-state index contributed by atoms with van der Waals surface area (Å²) < 4.78 is 2.16. The van der Waals surface area contributed by atoms with E-state index in [-0.39, 0.29) is 5.91 Å². The van der Waals surface area contributed by atoms with E-state index in [4.69, 9.17) is 4.99 Å². The van der Waals surface area contributed by atoms with Crippen LogP contribution >= 0.6 is 27.3 Å². The van der Waals surface area contributed by atoms with Crippen LogP contribution in [0.25, 0.3) is 10.1 Å². The van der Waals surface area contributed by atoms with E-state index < -0.39 is 6.04 Å². The second-order valence-corrected chi connectivity index (χ2v) is 7.81. The van der Waals surface area contributed by atoms with Gasteiger partial charge in [-0.1, -0.05) is 46.3 Å². The van der Waals surface area contributed by atoms with E-state index in [1.165, 1.54) is 0 Å². The van der Waals surface area contributed by atoms with E-state index in [2.05, 4.69) is 28.1 Å². The Kier molecular flexibility index (Phi) is 3.77. The van der Waals surface area contributed by atoms with Gasteiger partial charge < -0.3 is 4.90 Å². The molecule has 120 valence electrons. The molecule has 1 aromatic heterocycles. The van der Waals surface area contributed by atoms with Gasteiger partial charge in [0.15, 0.2) is 0 Å². The summed E-state index contributed by atoms with van der Waals surface area (Å²) in [5.41, 5.74) is 2.89. The van der Waals surface area contributed by atoms with Gasteiger partial charge in [-0.3, -0.25) is 9.79 Å². The topological polar surface area (TPSA) is 32.7 Å². The molecule has 0 radical (unpaired) electrons. The molecular formula is C19H15BrN2OS. The molecule has 0 saturated carbocycles. The first kappa shape index (κ1) is 15.5. The number of aliphatic imine (C=N–C) groups is 1. The van der Waals surface area contributed by atoms with Crippen LogP contribution < -0.4 is 4.90 Å². The zero-order chi connectivity index (χ0) is 16.8. The lowest BCUT2D eigenvalue weighted by molar-refractivity contribution is -0.119. The highest BCUT2D eigenvalue weighted by atomic mass is 79.9. The van der Waals surface area contributed by atoms with Gasteiger partial charge >= 0.3 is 0 Å². The molecule has 24 heavy (non-hydrogen) atoms. The van der Waals surface area contributed by atoms with E-state index in [9.17, 15) is 4.79 Å². The third-order valence-corrected chi connectivity index (χ3v) is 5.89. The summed E-state index contributed by atoms with van der Waals surface area (Å²) in [5, 5.41) is 1.08. The molecule has 1 atom stereocenters. The maximum Gasteiger partial charge on any atom is 0.251 e. The number of hydrogen-bond donors (Lipinski definition) is 0. The number of anilines is 1. The second-order valence-electron chi connectivity index (χ2n) is 5.84. The molecule has 3 aromatic rings. The Morgan fingerprint density at radius 1 is 1.17 bits per heavy atom. The summed E-state index contributed by atoms with van der Waals surface area (Å²) in [7, 11) is 1.84. The third-order valence-electron chi connectivity index (χ3n) is 4.23. The van der Waals surface area contributed by atoms with Gasteiger partial charge in [0, 0.05) is 27.2 Å². The maximum absolute atomic E-state index is 12.7. The molecule has 2 heterocycles. The molecule has 0 N–H and O–H groups in total. The van der Waals surface area contributed by atoms with Crippen LogP contribution in [0.15, 0.2) is 58.0 Å². The number of carbonyl (C=O) groups is 1. The molecule has 1 aliphatic heterocycles. The summed E-state index contributed by atoms with van der Waals surface area (Å²) in [6, 6.07) is 15.9. The van der Waals surface area contributed by atoms with E-state index in [1.54, 1.807) is 16.2 Å². The maximum atomic E-state index is 12.7. The van der Waals surface area contributed by atoms with Crippen molar-refractivity contribution in [3.05, 3.63) is 63.4 Å². The van der Waals surface area contributed by atoms with Crippen molar-refractivity contribution in [3.63, 3.8) is 0 Å². The molecular weight excluding hydrogens is 384 g/mol. The zero-order valence-electron chi connectivity index (χ0n) is 13.3. The molecule has 1 aliphatic rings. The van der Waals surface area contributed by atoms with Crippen LogP contribution in [-0.4, -0.2) is 24.7 Å². The summed E-state index contributed by atoms with van der Waals surface area (Å²) in [6.45, 7) is 1.86. The normalized spacial score (nSPS) is 17.6. The number of amides is 1. The first-order chi connectivity index (χ1) is 11.6. The number of nitrogens with zero attached hydrogens (tertiary/aromatic N) is 2. The molecule has 5 heteroatoms. The monoisotopic (exact) mass is 398 g/mol. The van der Waals surface area contributed by atoms with Gasteiger partial charge in [-0.2, -0.15) is 0 Å². The molecule has 0 fully saturated rings. The van der Waals surface area contributed by atoms with Crippen LogP contribution in [0.3, 0.4) is 0 Å². The number of thiophene rings is 1. The Morgan fingerprint density at radius 2 is 1.92 bits per heavy atom. The first-order valence-electron chi connectivity index (χ1n) is 7.69. The number of benzene rings is 2. The van der Waals surface area contributed by atoms with Crippen LogP contribution in [0.5, 0.6) is 0 Å². The smallest absolute Gasteiger partial charge is 0.251 e. The first-order valence-corrected chi connectivity index (χ1v) is 9.30. The van der Waals surface area contributed by atoms with Gasteiger partial charge in [-0.05, 0) is 25.1 Å². The lowest BCUT2D eigenvalue weighted by Gasteiger charge is -2.17. The standard InChI is InChI=1S/C19H15BrN2OS/c1-11-19(23)22(2)17-14-10-13(20)8-9-15(14)24-18(17)16(21-11)12-6-4-3-5-7-12/h3-11H,1-2H3. The molecule has 0 spiro atoms. The van der Waals surface area contributed by atoms with Crippen molar-refractivity contribution in [2.24, 2.45) is 4.99 Å². The predicted octanol–water partition coefficient (Wildman–Crippen LogP) is 4.87. The SMILES string of the molecule is CC1N=C(c2ccccc2)c2sc3ccc(Br)cc3c2N(C)C1=O. The van der Waals surface area contributed by atoms with Gasteiger partial charge in [0.1, 0.15) is 6.04 Å².